The minimum atomic E-state index is -6.55. The van der Waals surface area contributed by atoms with Crippen LogP contribution in [-0.4, -0.2) is 23.7 Å². The second-order valence-corrected chi connectivity index (χ2v) is 4.92. The summed E-state index contributed by atoms with van der Waals surface area (Å²) in [5, 5.41) is 0. The summed E-state index contributed by atoms with van der Waals surface area (Å²) in [5.41, 5.74) is -7.53. The summed E-state index contributed by atoms with van der Waals surface area (Å²) in [7, 11) is 0. The van der Waals surface area contributed by atoms with Crippen LogP contribution in [0.4, 0.5) is 44.0 Å². The van der Waals surface area contributed by atoms with E-state index in [4.69, 9.17) is 0 Å². The summed E-state index contributed by atoms with van der Waals surface area (Å²) >= 11 is 0. The normalized spacial score (nSPS) is 31.7. The Morgan fingerprint density at radius 1 is 0.958 bits per heavy atom. The van der Waals surface area contributed by atoms with Crippen molar-refractivity contribution in [3.63, 3.8) is 0 Å². The molecular formula is C13H6F10O. The van der Waals surface area contributed by atoms with Crippen LogP contribution in [-0.2, 0) is 10.8 Å². The molecular weight excluding hydrogens is 362 g/mol. The lowest BCUT2D eigenvalue weighted by Crippen LogP contribution is -2.70. The van der Waals surface area contributed by atoms with Gasteiger partial charge in [-0.2, -0.15) is 22.0 Å². The number of alkyl halides is 7. The van der Waals surface area contributed by atoms with Gasteiger partial charge < -0.3 is 0 Å². The topological polar surface area (TPSA) is 9.23 Å². The van der Waals surface area contributed by atoms with E-state index in [-0.39, 0.29) is 0 Å². The van der Waals surface area contributed by atoms with Crippen LogP contribution in [0.2, 0.25) is 0 Å². The lowest BCUT2D eigenvalue weighted by atomic mass is 9.75. The van der Waals surface area contributed by atoms with E-state index in [1.807, 2.05) is 0 Å². The molecule has 2 rings (SSSR count). The quantitative estimate of drug-likeness (QED) is 0.667. The van der Waals surface area contributed by atoms with Gasteiger partial charge in [-0.3, -0.25) is 0 Å². The molecule has 1 aromatic carbocycles. The lowest BCUT2D eigenvalue weighted by molar-refractivity contribution is -0.407. The van der Waals surface area contributed by atoms with Gasteiger partial charge in [0.25, 0.3) is 5.67 Å². The highest BCUT2D eigenvalue weighted by atomic mass is 19.3. The molecule has 0 heterocycles. The van der Waals surface area contributed by atoms with Crippen LogP contribution < -0.4 is 0 Å². The van der Waals surface area contributed by atoms with Gasteiger partial charge in [-0.1, -0.05) is 30.3 Å². The average Bonchev–Trinajstić information content (AvgIpc) is 2.57. The predicted molar refractivity (Wildman–Crippen MR) is 59.3 cm³/mol. The molecule has 11 heteroatoms. The van der Waals surface area contributed by atoms with Crippen LogP contribution in [0.25, 0.3) is 0 Å². The van der Waals surface area contributed by atoms with Gasteiger partial charge in [0, 0.05) is 5.56 Å². The Balaban J connectivity index is 2.86. The highest BCUT2D eigenvalue weighted by Crippen LogP contribution is 2.63. The molecule has 0 amide bonds. The molecule has 134 valence electrons. The molecule has 1 aromatic rings. The van der Waals surface area contributed by atoms with Crippen molar-refractivity contribution in [3.8, 4) is 0 Å². The molecule has 0 saturated carbocycles. The number of hydrogen-bond donors (Lipinski definition) is 0. The van der Waals surface area contributed by atoms with Gasteiger partial charge in [0.2, 0.25) is 6.17 Å². The molecule has 1 nitrogen and oxygen atoms in total. The third-order valence-corrected chi connectivity index (χ3v) is 3.60. The van der Waals surface area contributed by atoms with E-state index >= 15 is 0 Å². The Kier molecular flexibility index (Phi) is 4.15. The van der Waals surface area contributed by atoms with E-state index in [2.05, 4.69) is 4.94 Å². The smallest absolute Gasteiger partial charge is 0.233 e. The first-order valence-electron chi connectivity index (χ1n) is 6.08. The molecule has 0 N–H and O–H groups in total. The molecule has 0 spiro atoms. The van der Waals surface area contributed by atoms with Crippen LogP contribution in [0, 0.1) is 0 Å². The van der Waals surface area contributed by atoms with Crippen molar-refractivity contribution in [2.75, 3.05) is 0 Å². The van der Waals surface area contributed by atoms with Gasteiger partial charge in [-0.25, -0.2) is 17.6 Å². The zero-order chi connectivity index (χ0) is 18.6. The largest absolute Gasteiger partial charge is 0.359 e. The summed E-state index contributed by atoms with van der Waals surface area (Å²) < 4.78 is 136. The molecule has 0 aromatic heterocycles. The second kappa shape index (κ2) is 5.36. The summed E-state index contributed by atoms with van der Waals surface area (Å²) in [4.78, 5) is 2.43. The fraction of sp³-hybridized carbons (Fsp3) is 0.385. The van der Waals surface area contributed by atoms with Crippen LogP contribution >= 0.6 is 0 Å². The van der Waals surface area contributed by atoms with Crippen molar-refractivity contribution in [2.45, 2.75) is 29.5 Å². The maximum absolute atomic E-state index is 14.6. The number of allylic oxidation sites excluding steroid dienone is 1. The van der Waals surface area contributed by atoms with E-state index in [1.54, 1.807) is 0 Å². The van der Waals surface area contributed by atoms with Crippen molar-refractivity contribution < 1.29 is 49.0 Å². The highest BCUT2D eigenvalue weighted by Gasteiger charge is 2.87. The lowest BCUT2D eigenvalue weighted by Gasteiger charge is -2.45. The van der Waals surface area contributed by atoms with Gasteiger partial charge in [-0.15, -0.1) is 4.94 Å². The number of rotatable bonds is 3. The zero-order valence-corrected chi connectivity index (χ0v) is 11.2. The van der Waals surface area contributed by atoms with E-state index in [0.29, 0.717) is 12.1 Å². The first-order chi connectivity index (χ1) is 10.9. The van der Waals surface area contributed by atoms with Crippen molar-refractivity contribution >= 4 is 0 Å². The second-order valence-electron chi connectivity index (χ2n) is 4.92. The SMILES string of the molecule is FOC(F)(c1ccccc1)C1(F)C(F)=C(F)C(F)C(F)(F)C1(F)F. The summed E-state index contributed by atoms with van der Waals surface area (Å²) in [6, 6.07) is 3.52. The number of benzene rings is 1. The number of hydrogen-bond acceptors (Lipinski definition) is 1. The van der Waals surface area contributed by atoms with Gasteiger partial charge in [0.05, 0.1) is 0 Å². The van der Waals surface area contributed by atoms with Crippen molar-refractivity contribution in [2.24, 2.45) is 0 Å². The zero-order valence-electron chi connectivity index (χ0n) is 11.2. The standard InChI is InChI=1S/C13H6F10O/c14-7-8(15)10(17,13(21,22)11(18,19)9(7)16)12(20,24-23)6-4-2-1-3-5-6/h1-5,9H. The van der Waals surface area contributed by atoms with Gasteiger partial charge in [-0.05, 0) is 4.53 Å². The molecule has 0 aliphatic heterocycles. The first kappa shape index (κ1) is 18.6. The maximum atomic E-state index is 14.6. The Bertz CT molecular complexity index is 660. The van der Waals surface area contributed by atoms with Gasteiger partial charge in [0.1, 0.15) is 0 Å². The van der Waals surface area contributed by atoms with Crippen LogP contribution in [0.15, 0.2) is 42.0 Å². The minimum absolute atomic E-state index is 0.391. The van der Waals surface area contributed by atoms with Crippen molar-refractivity contribution in [3.05, 3.63) is 47.5 Å². The Labute approximate surface area is 127 Å². The predicted octanol–water partition coefficient (Wildman–Crippen LogP) is 5.19. The maximum Gasteiger partial charge on any atom is 0.359 e. The molecule has 1 aliphatic carbocycles. The van der Waals surface area contributed by atoms with E-state index in [9.17, 15) is 44.0 Å². The summed E-state index contributed by atoms with van der Waals surface area (Å²) in [5.74, 6) is -24.9. The monoisotopic (exact) mass is 368 g/mol. The molecule has 0 saturated heterocycles. The third kappa shape index (κ3) is 1.93. The Morgan fingerprint density at radius 3 is 1.92 bits per heavy atom. The average molecular weight is 368 g/mol. The van der Waals surface area contributed by atoms with Crippen molar-refractivity contribution in [1.29, 1.82) is 0 Å². The molecule has 0 fully saturated rings. The number of halogens is 10. The third-order valence-electron chi connectivity index (χ3n) is 3.60. The van der Waals surface area contributed by atoms with Gasteiger partial charge >= 0.3 is 17.7 Å². The van der Waals surface area contributed by atoms with Crippen LogP contribution in [0.5, 0.6) is 0 Å². The minimum Gasteiger partial charge on any atom is -0.233 e. The summed E-state index contributed by atoms with van der Waals surface area (Å²) in [6.45, 7) is 0. The first-order valence-corrected chi connectivity index (χ1v) is 6.08. The molecule has 24 heavy (non-hydrogen) atoms. The molecule has 3 atom stereocenters. The highest BCUT2D eigenvalue weighted by molar-refractivity contribution is 5.39. The Hall–Kier alpha value is -1.78. The molecule has 1 aliphatic rings. The molecule has 3 unspecified atom stereocenters. The van der Waals surface area contributed by atoms with Crippen LogP contribution in [0.3, 0.4) is 0 Å². The molecule has 0 bridgehead atoms. The van der Waals surface area contributed by atoms with E-state index in [0.717, 1.165) is 18.2 Å². The van der Waals surface area contributed by atoms with Crippen molar-refractivity contribution in [1.82, 2.24) is 0 Å². The van der Waals surface area contributed by atoms with Gasteiger partial charge in [0.15, 0.2) is 11.7 Å². The van der Waals surface area contributed by atoms with E-state index in [1.165, 1.54) is 0 Å². The fourth-order valence-electron chi connectivity index (χ4n) is 2.25. The summed E-state index contributed by atoms with van der Waals surface area (Å²) in [6.07, 6.45) is -4.60. The van der Waals surface area contributed by atoms with E-state index < -0.39 is 46.8 Å². The Morgan fingerprint density at radius 2 is 1.46 bits per heavy atom. The fourth-order valence-corrected chi connectivity index (χ4v) is 2.25. The van der Waals surface area contributed by atoms with Crippen LogP contribution in [0.1, 0.15) is 5.56 Å². The molecule has 0 radical (unpaired) electrons.